The molecule has 0 amide bonds. The number of nitrogens with zero attached hydrogens (tertiary/aromatic N) is 2. The minimum atomic E-state index is 0.0534. The molecule has 1 atom stereocenters. The largest absolute Gasteiger partial charge is 0.394 e. The summed E-state index contributed by atoms with van der Waals surface area (Å²) in [7, 11) is 0. The van der Waals surface area contributed by atoms with Crippen molar-refractivity contribution >= 4 is 5.95 Å². The Hall–Kier alpha value is -1.03. The van der Waals surface area contributed by atoms with Crippen molar-refractivity contribution < 1.29 is 5.11 Å². The second-order valence-corrected chi connectivity index (χ2v) is 2.76. The Bertz CT molecular complexity index is 234. The highest BCUT2D eigenvalue weighted by atomic mass is 16.3. The average Bonchev–Trinajstić information content (AvgIpc) is 2.51. The number of nitrogens with one attached hydrogen (secondary N) is 1. The number of hydrogen-bond acceptors (Lipinski definition) is 3. The summed E-state index contributed by atoms with van der Waals surface area (Å²) in [6.45, 7) is 4.97. The first kappa shape index (κ1) is 9.06. The van der Waals surface area contributed by atoms with Crippen LogP contribution in [-0.4, -0.2) is 27.3 Å². The highest BCUT2D eigenvalue weighted by molar-refractivity contribution is 5.26. The van der Waals surface area contributed by atoms with Crippen LogP contribution in [-0.2, 0) is 6.54 Å². The minimum Gasteiger partial charge on any atom is -0.394 e. The fourth-order valence-electron chi connectivity index (χ4n) is 0.971. The number of imidazole rings is 1. The summed E-state index contributed by atoms with van der Waals surface area (Å²) in [5, 5.41) is 11.9. The van der Waals surface area contributed by atoms with Crippen LogP contribution >= 0.6 is 0 Å². The van der Waals surface area contributed by atoms with Gasteiger partial charge in [-0.2, -0.15) is 0 Å². The first-order valence-electron chi connectivity index (χ1n) is 4.16. The molecule has 0 fully saturated rings. The molecule has 0 radical (unpaired) electrons. The van der Waals surface area contributed by atoms with Crippen molar-refractivity contribution in [1.29, 1.82) is 0 Å². The van der Waals surface area contributed by atoms with E-state index in [0.29, 0.717) is 0 Å². The molecule has 1 aromatic heterocycles. The number of aryl methyl sites for hydroxylation is 1. The first-order valence-corrected chi connectivity index (χ1v) is 4.16. The summed E-state index contributed by atoms with van der Waals surface area (Å²) in [6, 6.07) is 0.0534. The van der Waals surface area contributed by atoms with Crippen LogP contribution < -0.4 is 5.32 Å². The van der Waals surface area contributed by atoms with Gasteiger partial charge >= 0.3 is 0 Å². The highest BCUT2D eigenvalue weighted by Crippen LogP contribution is 2.04. The summed E-state index contributed by atoms with van der Waals surface area (Å²) in [6.07, 6.45) is 3.66. The zero-order chi connectivity index (χ0) is 8.97. The summed E-state index contributed by atoms with van der Waals surface area (Å²) in [4.78, 5) is 4.12. The van der Waals surface area contributed by atoms with Gasteiger partial charge in [-0.1, -0.05) is 0 Å². The van der Waals surface area contributed by atoms with Crippen LogP contribution in [0, 0.1) is 0 Å². The van der Waals surface area contributed by atoms with E-state index in [1.54, 1.807) is 6.20 Å². The van der Waals surface area contributed by atoms with Gasteiger partial charge in [0.1, 0.15) is 0 Å². The van der Waals surface area contributed by atoms with E-state index >= 15 is 0 Å². The number of aromatic nitrogens is 2. The molecule has 68 valence electrons. The molecule has 0 saturated carbocycles. The Labute approximate surface area is 72.2 Å². The number of rotatable bonds is 4. The molecule has 0 bridgehead atoms. The molecule has 0 aliphatic heterocycles. The van der Waals surface area contributed by atoms with E-state index in [1.807, 2.05) is 17.7 Å². The molecular formula is C8H15N3O. The van der Waals surface area contributed by atoms with E-state index in [9.17, 15) is 0 Å². The molecule has 12 heavy (non-hydrogen) atoms. The lowest BCUT2D eigenvalue weighted by molar-refractivity contribution is 0.280. The summed E-state index contributed by atoms with van der Waals surface area (Å²) in [5.41, 5.74) is 0. The SMILES string of the molecule is CCn1ccnc1NC(C)CO. The fourth-order valence-corrected chi connectivity index (χ4v) is 0.971. The summed E-state index contributed by atoms with van der Waals surface area (Å²) >= 11 is 0. The maximum Gasteiger partial charge on any atom is 0.203 e. The summed E-state index contributed by atoms with van der Waals surface area (Å²) in [5.74, 6) is 0.819. The van der Waals surface area contributed by atoms with Crippen LogP contribution in [0.1, 0.15) is 13.8 Å². The van der Waals surface area contributed by atoms with E-state index in [-0.39, 0.29) is 12.6 Å². The van der Waals surface area contributed by atoms with Gasteiger partial charge in [0, 0.05) is 25.0 Å². The van der Waals surface area contributed by atoms with Gasteiger partial charge in [-0.15, -0.1) is 0 Å². The van der Waals surface area contributed by atoms with Crippen molar-refractivity contribution in [3.63, 3.8) is 0 Å². The summed E-state index contributed by atoms with van der Waals surface area (Å²) < 4.78 is 1.99. The maximum absolute atomic E-state index is 8.80. The van der Waals surface area contributed by atoms with Crippen molar-refractivity contribution in [2.75, 3.05) is 11.9 Å². The topological polar surface area (TPSA) is 50.1 Å². The van der Waals surface area contributed by atoms with Crippen LogP contribution in [0.3, 0.4) is 0 Å². The van der Waals surface area contributed by atoms with Crippen LogP contribution in [0.25, 0.3) is 0 Å². The van der Waals surface area contributed by atoms with E-state index in [2.05, 4.69) is 17.2 Å². The Kier molecular flexibility index (Phi) is 3.10. The number of aliphatic hydroxyl groups is 1. The first-order chi connectivity index (χ1) is 5.77. The zero-order valence-electron chi connectivity index (χ0n) is 7.49. The average molecular weight is 169 g/mol. The number of anilines is 1. The number of hydrogen-bond donors (Lipinski definition) is 2. The quantitative estimate of drug-likeness (QED) is 0.697. The zero-order valence-corrected chi connectivity index (χ0v) is 7.49. The Morgan fingerprint density at radius 2 is 2.50 bits per heavy atom. The third kappa shape index (κ3) is 1.98. The van der Waals surface area contributed by atoms with Gasteiger partial charge in [0.05, 0.1) is 6.61 Å². The van der Waals surface area contributed by atoms with E-state index in [1.165, 1.54) is 0 Å². The molecule has 0 aliphatic carbocycles. The van der Waals surface area contributed by atoms with Gasteiger partial charge in [-0.3, -0.25) is 0 Å². The predicted molar refractivity (Wildman–Crippen MR) is 48.1 cm³/mol. The van der Waals surface area contributed by atoms with Gasteiger partial charge in [0.15, 0.2) is 0 Å². The van der Waals surface area contributed by atoms with E-state index < -0.39 is 0 Å². The molecule has 0 aromatic carbocycles. The second kappa shape index (κ2) is 4.11. The molecule has 2 N–H and O–H groups in total. The fraction of sp³-hybridized carbons (Fsp3) is 0.625. The molecule has 4 heteroatoms. The third-order valence-corrected chi connectivity index (χ3v) is 1.71. The van der Waals surface area contributed by atoms with Crippen LogP contribution in [0.15, 0.2) is 12.4 Å². The van der Waals surface area contributed by atoms with Crippen LogP contribution in [0.5, 0.6) is 0 Å². The minimum absolute atomic E-state index is 0.0534. The van der Waals surface area contributed by atoms with Crippen LogP contribution in [0.4, 0.5) is 5.95 Å². The third-order valence-electron chi connectivity index (χ3n) is 1.71. The molecule has 4 nitrogen and oxygen atoms in total. The van der Waals surface area contributed by atoms with Crippen molar-refractivity contribution in [2.45, 2.75) is 26.4 Å². The molecule has 0 aliphatic rings. The lowest BCUT2D eigenvalue weighted by Gasteiger charge is -2.12. The van der Waals surface area contributed by atoms with E-state index in [4.69, 9.17) is 5.11 Å². The molecular weight excluding hydrogens is 154 g/mol. The van der Waals surface area contributed by atoms with Crippen molar-refractivity contribution in [3.05, 3.63) is 12.4 Å². The van der Waals surface area contributed by atoms with Gasteiger partial charge in [-0.25, -0.2) is 4.98 Å². The second-order valence-electron chi connectivity index (χ2n) is 2.76. The molecule has 1 rings (SSSR count). The highest BCUT2D eigenvalue weighted by Gasteiger charge is 2.03. The molecule has 0 spiro atoms. The predicted octanol–water partition coefficient (Wildman–Crippen LogP) is 0.696. The molecule has 0 saturated heterocycles. The normalized spacial score (nSPS) is 12.9. The van der Waals surface area contributed by atoms with Crippen LogP contribution in [0.2, 0.25) is 0 Å². The Morgan fingerprint density at radius 3 is 3.08 bits per heavy atom. The lowest BCUT2D eigenvalue weighted by Crippen LogP contribution is -2.21. The van der Waals surface area contributed by atoms with Crippen molar-refractivity contribution in [3.8, 4) is 0 Å². The van der Waals surface area contributed by atoms with Gasteiger partial charge in [0.25, 0.3) is 0 Å². The van der Waals surface area contributed by atoms with E-state index in [0.717, 1.165) is 12.5 Å². The monoisotopic (exact) mass is 169 g/mol. The Balaban J connectivity index is 2.61. The van der Waals surface area contributed by atoms with Gasteiger partial charge in [0.2, 0.25) is 5.95 Å². The maximum atomic E-state index is 8.80. The smallest absolute Gasteiger partial charge is 0.203 e. The molecule has 1 heterocycles. The lowest BCUT2D eigenvalue weighted by atomic mass is 10.4. The molecule has 1 unspecified atom stereocenters. The van der Waals surface area contributed by atoms with Gasteiger partial charge in [-0.05, 0) is 13.8 Å². The van der Waals surface area contributed by atoms with Gasteiger partial charge < -0.3 is 15.0 Å². The Morgan fingerprint density at radius 1 is 1.75 bits per heavy atom. The molecule has 1 aromatic rings. The van der Waals surface area contributed by atoms with Crippen molar-refractivity contribution in [1.82, 2.24) is 9.55 Å². The number of aliphatic hydroxyl groups excluding tert-OH is 1. The van der Waals surface area contributed by atoms with Crippen molar-refractivity contribution in [2.24, 2.45) is 0 Å². The standard InChI is InChI=1S/C8H15N3O/c1-3-11-5-4-9-8(11)10-7(2)6-12/h4-5,7,12H,3,6H2,1-2H3,(H,9,10).